The van der Waals surface area contributed by atoms with Gasteiger partial charge in [-0.25, -0.2) is 4.39 Å². The van der Waals surface area contributed by atoms with Crippen LogP contribution in [0.5, 0.6) is 5.75 Å². The fraction of sp³-hybridized carbons (Fsp3) is 0.286. The Bertz CT molecular complexity index is 961. The van der Waals surface area contributed by atoms with Gasteiger partial charge in [0, 0.05) is 32.4 Å². The topological polar surface area (TPSA) is 37.7 Å². The number of hydrogen-bond acceptors (Lipinski definition) is 3. The molecule has 27 heavy (non-hydrogen) atoms. The van der Waals surface area contributed by atoms with Gasteiger partial charge >= 0.3 is 0 Å². The van der Waals surface area contributed by atoms with Crippen molar-refractivity contribution in [3.63, 3.8) is 0 Å². The van der Waals surface area contributed by atoms with E-state index in [1.807, 2.05) is 46.0 Å². The monoisotopic (exact) mass is 367 g/mol. The summed E-state index contributed by atoms with van der Waals surface area (Å²) >= 11 is 0. The molecule has 3 aromatic rings. The number of benzene rings is 2. The van der Waals surface area contributed by atoms with Gasteiger partial charge in [-0.05, 0) is 41.8 Å². The van der Waals surface area contributed by atoms with Gasteiger partial charge in [0.05, 0.1) is 18.3 Å². The molecule has 2 heterocycles. The molecule has 1 fully saturated rings. The van der Waals surface area contributed by atoms with Crippen LogP contribution in [0.15, 0.2) is 54.7 Å². The molecule has 1 amide bonds. The predicted molar refractivity (Wildman–Crippen MR) is 104 cm³/mol. The van der Waals surface area contributed by atoms with Crippen LogP contribution in [0.2, 0.25) is 0 Å². The minimum absolute atomic E-state index is 0.0523. The molecule has 140 valence electrons. The number of carbonyl (C=O) groups excluding carboxylic acids is 1. The van der Waals surface area contributed by atoms with E-state index >= 15 is 0 Å². The van der Waals surface area contributed by atoms with Crippen molar-refractivity contribution >= 4 is 22.5 Å². The second-order valence-corrected chi connectivity index (χ2v) is 6.69. The summed E-state index contributed by atoms with van der Waals surface area (Å²) in [5, 5.41) is 0.935. The number of fused-ring (bicyclic) bond motifs is 1. The maximum Gasteiger partial charge on any atom is 0.242 e. The molecule has 5 nitrogen and oxygen atoms in total. The maximum absolute atomic E-state index is 13.5. The van der Waals surface area contributed by atoms with E-state index in [0.29, 0.717) is 13.1 Å². The van der Waals surface area contributed by atoms with Crippen molar-refractivity contribution in [3.05, 3.63) is 60.5 Å². The van der Waals surface area contributed by atoms with Gasteiger partial charge in [-0.2, -0.15) is 0 Å². The number of amides is 1. The quantitative estimate of drug-likeness (QED) is 0.711. The van der Waals surface area contributed by atoms with Crippen molar-refractivity contribution in [1.29, 1.82) is 0 Å². The number of nitrogens with zero attached hydrogens (tertiary/aromatic N) is 3. The Morgan fingerprint density at radius 2 is 1.85 bits per heavy atom. The summed E-state index contributed by atoms with van der Waals surface area (Å²) in [4.78, 5) is 16.8. The van der Waals surface area contributed by atoms with Gasteiger partial charge in [-0.1, -0.05) is 12.1 Å². The van der Waals surface area contributed by atoms with E-state index in [9.17, 15) is 9.18 Å². The van der Waals surface area contributed by atoms with Gasteiger partial charge in [-0.3, -0.25) is 4.79 Å². The molecule has 2 aromatic carbocycles. The molecular weight excluding hydrogens is 345 g/mol. The second-order valence-electron chi connectivity index (χ2n) is 6.69. The Balaban J connectivity index is 1.42. The summed E-state index contributed by atoms with van der Waals surface area (Å²) in [7, 11) is 1.67. The number of anilines is 1. The van der Waals surface area contributed by atoms with Crippen LogP contribution in [0.3, 0.4) is 0 Å². The highest BCUT2D eigenvalue weighted by atomic mass is 19.1. The van der Waals surface area contributed by atoms with E-state index in [-0.39, 0.29) is 18.3 Å². The molecule has 0 saturated carbocycles. The molecule has 1 saturated heterocycles. The molecule has 0 radical (unpaired) electrons. The van der Waals surface area contributed by atoms with Crippen molar-refractivity contribution in [1.82, 2.24) is 9.47 Å². The minimum atomic E-state index is -0.291. The van der Waals surface area contributed by atoms with Gasteiger partial charge < -0.3 is 19.1 Å². The standard InChI is InChI=1S/C21H22FN3O2/c1-27-20-5-3-2-4-18(20)23-10-12-24(13-11-23)21(26)15-25-9-8-16-6-7-17(22)14-19(16)25/h2-9,14H,10-13,15H2,1H3. The summed E-state index contributed by atoms with van der Waals surface area (Å²) in [6.07, 6.45) is 1.84. The largest absolute Gasteiger partial charge is 0.495 e. The zero-order valence-corrected chi connectivity index (χ0v) is 15.3. The summed E-state index contributed by atoms with van der Waals surface area (Å²) in [5.74, 6) is 0.606. The molecule has 0 bridgehead atoms. The first-order chi connectivity index (χ1) is 13.2. The lowest BCUT2D eigenvalue weighted by molar-refractivity contribution is -0.132. The first-order valence-electron chi connectivity index (χ1n) is 9.06. The SMILES string of the molecule is COc1ccccc1N1CCN(C(=O)Cn2ccc3ccc(F)cc32)CC1. The third-order valence-corrected chi connectivity index (χ3v) is 5.10. The number of methoxy groups -OCH3 is 1. The molecule has 0 N–H and O–H groups in total. The van der Waals surface area contributed by atoms with Gasteiger partial charge in [0.15, 0.2) is 0 Å². The molecular formula is C21H22FN3O2. The highest BCUT2D eigenvalue weighted by Crippen LogP contribution is 2.28. The minimum Gasteiger partial charge on any atom is -0.495 e. The van der Waals surface area contributed by atoms with Crippen molar-refractivity contribution < 1.29 is 13.9 Å². The smallest absolute Gasteiger partial charge is 0.242 e. The van der Waals surface area contributed by atoms with Crippen LogP contribution >= 0.6 is 0 Å². The van der Waals surface area contributed by atoms with E-state index in [4.69, 9.17) is 4.74 Å². The summed E-state index contributed by atoms with van der Waals surface area (Å²) in [6, 6.07) is 14.5. The molecule has 0 atom stereocenters. The summed E-state index contributed by atoms with van der Waals surface area (Å²) in [6.45, 7) is 3.05. The number of piperazine rings is 1. The lowest BCUT2D eigenvalue weighted by Gasteiger charge is -2.36. The van der Waals surface area contributed by atoms with E-state index in [1.54, 1.807) is 13.2 Å². The number of carbonyl (C=O) groups is 1. The zero-order valence-electron chi connectivity index (χ0n) is 15.3. The highest BCUT2D eigenvalue weighted by molar-refractivity contribution is 5.83. The van der Waals surface area contributed by atoms with Gasteiger partial charge in [0.25, 0.3) is 0 Å². The first kappa shape index (κ1) is 17.4. The average molecular weight is 367 g/mol. The van der Waals surface area contributed by atoms with E-state index < -0.39 is 0 Å². The molecule has 4 rings (SSSR count). The Hall–Kier alpha value is -3.02. The van der Waals surface area contributed by atoms with Gasteiger partial charge in [0.1, 0.15) is 18.1 Å². The number of ether oxygens (including phenoxy) is 1. The van der Waals surface area contributed by atoms with Crippen molar-refractivity contribution in [2.75, 3.05) is 38.2 Å². The Morgan fingerprint density at radius 3 is 2.63 bits per heavy atom. The summed E-state index contributed by atoms with van der Waals surface area (Å²) < 4.78 is 20.8. The molecule has 0 unspecified atom stereocenters. The normalized spacial score (nSPS) is 14.6. The van der Waals surface area contributed by atoms with Crippen molar-refractivity contribution in [3.8, 4) is 5.75 Å². The molecule has 6 heteroatoms. The van der Waals surface area contributed by atoms with Crippen LogP contribution in [-0.4, -0.2) is 48.7 Å². The fourth-order valence-corrected chi connectivity index (χ4v) is 3.63. The Labute approximate surface area is 157 Å². The van der Waals surface area contributed by atoms with E-state index in [0.717, 1.165) is 35.4 Å². The summed E-state index contributed by atoms with van der Waals surface area (Å²) in [5.41, 5.74) is 1.80. The number of hydrogen-bond donors (Lipinski definition) is 0. The number of halogens is 1. The third-order valence-electron chi connectivity index (χ3n) is 5.10. The van der Waals surface area contributed by atoms with Gasteiger partial charge in [0.2, 0.25) is 5.91 Å². The van der Waals surface area contributed by atoms with Crippen LogP contribution < -0.4 is 9.64 Å². The lowest BCUT2D eigenvalue weighted by Crippen LogP contribution is -2.49. The van der Waals surface area contributed by atoms with E-state index in [1.165, 1.54) is 12.1 Å². The lowest BCUT2D eigenvalue weighted by atomic mass is 10.2. The number of para-hydroxylation sites is 2. The van der Waals surface area contributed by atoms with E-state index in [2.05, 4.69) is 4.90 Å². The first-order valence-corrected chi connectivity index (χ1v) is 9.06. The maximum atomic E-state index is 13.5. The number of aromatic nitrogens is 1. The molecule has 0 aliphatic carbocycles. The fourth-order valence-electron chi connectivity index (χ4n) is 3.63. The van der Waals surface area contributed by atoms with Gasteiger partial charge in [-0.15, -0.1) is 0 Å². The third kappa shape index (κ3) is 3.47. The van der Waals surface area contributed by atoms with Crippen LogP contribution in [0, 0.1) is 5.82 Å². The molecule has 0 spiro atoms. The Morgan fingerprint density at radius 1 is 1.07 bits per heavy atom. The van der Waals surface area contributed by atoms with Crippen molar-refractivity contribution in [2.45, 2.75) is 6.54 Å². The molecule has 1 aromatic heterocycles. The zero-order chi connectivity index (χ0) is 18.8. The molecule has 1 aliphatic rings. The second kappa shape index (κ2) is 7.31. The van der Waals surface area contributed by atoms with Crippen molar-refractivity contribution in [2.24, 2.45) is 0 Å². The predicted octanol–water partition coefficient (Wildman–Crippen LogP) is 3.14. The molecule has 1 aliphatic heterocycles. The van der Waals surface area contributed by atoms with Crippen LogP contribution in [0.4, 0.5) is 10.1 Å². The average Bonchev–Trinajstić information content (AvgIpc) is 3.10. The van der Waals surface area contributed by atoms with Crippen LogP contribution in [0.25, 0.3) is 10.9 Å². The Kier molecular flexibility index (Phi) is 4.71. The number of rotatable bonds is 4. The van der Waals surface area contributed by atoms with Crippen LogP contribution in [0.1, 0.15) is 0 Å². The highest BCUT2D eigenvalue weighted by Gasteiger charge is 2.23. The van der Waals surface area contributed by atoms with Crippen LogP contribution in [-0.2, 0) is 11.3 Å².